The topological polar surface area (TPSA) is 193 Å². The van der Waals surface area contributed by atoms with Crippen LogP contribution in [-0.2, 0) is 33.5 Å². The van der Waals surface area contributed by atoms with Crippen molar-refractivity contribution >= 4 is 55.8 Å². The Bertz CT molecular complexity index is 2200. The fraction of sp³-hybridized carbons (Fsp3) is 0.714. The van der Waals surface area contributed by atoms with Gasteiger partial charge in [0.25, 0.3) is 10.1 Å². The summed E-state index contributed by atoms with van der Waals surface area (Å²) in [6, 6.07) is 6.17. The molecule has 8 aliphatic rings. The third-order valence-corrected chi connectivity index (χ3v) is 20.8. The second kappa shape index (κ2) is 16.0. The lowest BCUT2D eigenvalue weighted by atomic mass is 9.45. The van der Waals surface area contributed by atoms with E-state index >= 15 is 0 Å². The molecule has 0 spiro atoms. The molecule has 340 valence electrons. The number of hydrogen-bond acceptors (Lipinski definition) is 11. The highest BCUT2D eigenvalue weighted by atomic mass is 127. The molecule has 0 bridgehead atoms. The minimum atomic E-state index is -4.15. The summed E-state index contributed by atoms with van der Waals surface area (Å²) in [6.45, 7) is 9.39. The van der Waals surface area contributed by atoms with Crippen molar-refractivity contribution < 1.29 is 52.2 Å². The number of aryl methyl sites for hydroxylation is 1. The highest BCUT2D eigenvalue weighted by Crippen LogP contribution is 2.69. The van der Waals surface area contributed by atoms with Gasteiger partial charge in [-0.05, 0) is 155 Å². The lowest BCUT2D eigenvalue weighted by Gasteiger charge is -2.60. The van der Waals surface area contributed by atoms with Gasteiger partial charge in [-0.3, -0.25) is 23.4 Å². The van der Waals surface area contributed by atoms with Gasteiger partial charge in [-0.1, -0.05) is 79.1 Å². The summed E-state index contributed by atoms with van der Waals surface area (Å²) in [5.74, 6) is 0.451. The zero-order valence-corrected chi connectivity index (χ0v) is 39.8. The zero-order valence-electron chi connectivity index (χ0n) is 36.8. The molecule has 0 amide bonds. The van der Waals surface area contributed by atoms with Gasteiger partial charge in [-0.15, -0.1) is 0 Å². The standard InChI is InChI=1S/C28H36O7S.C21H29IO4/c1-17-4-7-20(8-5-17)36(33,34)35-16-24(31)28(32)13-11-22-21-9-6-18-14-19(29)10-12-26(18,2)25(21)23(30)15-27(22,28)3;1-19-7-5-13(23)9-12(19)3-4-14-15-6-8-21(26,17(25)11-22)20(15,2)10-16(24)18(14)19/h4-5,7-8,14,21-23,25,30,32H,6,9-13,15-16H2,1-3H3;9,14-16,18,24,26H,3-8,10-11H2,1-2H3/t21?,22?,23-,25?,26?,27?,28-;14?,15?,16-,18?,19?,20?,21-/m00/s1. The maximum absolute atomic E-state index is 13.4. The molecule has 0 radical (unpaired) electrons. The van der Waals surface area contributed by atoms with Crippen LogP contribution in [0.25, 0.3) is 0 Å². The summed E-state index contributed by atoms with van der Waals surface area (Å²) in [6.07, 6.45) is 11.3. The fourth-order valence-corrected chi connectivity index (χ4v) is 16.9. The molecule has 1 aromatic carbocycles. The Kier molecular flexibility index (Phi) is 12.0. The number of aliphatic hydroxyl groups excluding tert-OH is 2. The Morgan fingerprint density at radius 2 is 1.13 bits per heavy atom. The lowest BCUT2D eigenvalue weighted by molar-refractivity contribution is -0.181. The monoisotopic (exact) mass is 988 g/mol. The SMILES string of the molecule is CC12CCC(=O)C=C1CCC1C2[C@@H](O)CC2(C)C1CC[C@]2(O)C(=O)CI.Cc1ccc(S(=O)(=O)OCC(=O)[C@@]2(O)CCC3C4CCC5=CC(=O)CCC5(C)C4[C@@H](O)CC32C)cc1. The number of benzene rings is 1. The smallest absolute Gasteiger partial charge is 0.297 e. The second-order valence-electron chi connectivity index (χ2n) is 21.5. The minimum absolute atomic E-state index is 0.0181. The summed E-state index contributed by atoms with van der Waals surface area (Å²) in [7, 11) is -4.15. The molecule has 9 rings (SSSR count). The van der Waals surface area contributed by atoms with Crippen LogP contribution in [0.15, 0.2) is 52.5 Å². The third-order valence-electron chi connectivity index (χ3n) is 18.8. The van der Waals surface area contributed by atoms with Crippen LogP contribution in [0.4, 0.5) is 0 Å². The van der Waals surface area contributed by atoms with Crippen molar-refractivity contribution in [2.45, 2.75) is 153 Å². The molecule has 13 heteroatoms. The molecule has 0 saturated heterocycles. The van der Waals surface area contributed by atoms with Crippen LogP contribution in [0.2, 0.25) is 0 Å². The van der Waals surface area contributed by atoms with E-state index in [1.807, 2.05) is 49.4 Å². The molecule has 14 atom stereocenters. The number of Topliss-reactive ketones (excluding diaryl/α,β-unsaturated/α-hetero) is 2. The van der Waals surface area contributed by atoms with Gasteiger partial charge >= 0.3 is 0 Å². The molecular formula is C49H65IO11S. The fourth-order valence-electron chi connectivity index (χ4n) is 15.4. The number of halogens is 1. The highest BCUT2D eigenvalue weighted by molar-refractivity contribution is 14.1. The van der Waals surface area contributed by atoms with Crippen molar-refractivity contribution in [1.82, 2.24) is 0 Å². The van der Waals surface area contributed by atoms with Gasteiger partial charge in [0, 0.05) is 23.7 Å². The Labute approximate surface area is 380 Å². The van der Waals surface area contributed by atoms with E-state index in [1.54, 1.807) is 18.2 Å². The summed E-state index contributed by atoms with van der Waals surface area (Å²) < 4.78 is 30.7. The van der Waals surface area contributed by atoms with Crippen molar-refractivity contribution in [3.8, 4) is 0 Å². The number of allylic oxidation sites excluding steroid dienone is 2. The van der Waals surface area contributed by atoms with Crippen LogP contribution >= 0.6 is 22.6 Å². The molecule has 0 heterocycles. The number of rotatable bonds is 7. The van der Waals surface area contributed by atoms with E-state index in [2.05, 4.69) is 13.8 Å². The maximum atomic E-state index is 13.4. The first kappa shape index (κ1) is 46.4. The molecule has 1 aromatic rings. The number of carbonyl (C=O) groups is 4. The maximum Gasteiger partial charge on any atom is 0.297 e. The first-order chi connectivity index (χ1) is 29.0. The number of fused-ring (bicyclic) bond motifs is 10. The third kappa shape index (κ3) is 6.97. The summed E-state index contributed by atoms with van der Waals surface area (Å²) in [5.41, 5.74) is -1.63. The van der Waals surface area contributed by atoms with E-state index in [0.29, 0.717) is 48.9 Å². The molecule has 0 aromatic heterocycles. The van der Waals surface area contributed by atoms with E-state index in [1.165, 1.54) is 17.7 Å². The van der Waals surface area contributed by atoms with E-state index < -0.39 is 56.7 Å². The van der Waals surface area contributed by atoms with E-state index in [9.17, 15) is 48.0 Å². The highest BCUT2D eigenvalue weighted by Gasteiger charge is 2.70. The van der Waals surface area contributed by atoms with Crippen LogP contribution in [0.3, 0.4) is 0 Å². The van der Waals surface area contributed by atoms with Crippen LogP contribution in [0, 0.1) is 64.1 Å². The number of hydrogen-bond donors (Lipinski definition) is 4. The van der Waals surface area contributed by atoms with Crippen LogP contribution < -0.4 is 0 Å². The predicted molar refractivity (Wildman–Crippen MR) is 239 cm³/mol. The van der Waals surface area contributed by atoms with Crippen molar-refractivity contribution in [1.29, 1.82) is 0 Å². The lowest BCUT2D eigenvalue weighted by Crippen LogP contribution is -2.62. The molecule has 10 unspecified atom stereocenters. The van der Waals surface area contributed by atoms with Crippen molar-refractivity contribution in [3.63, 3.8) is 0 Å². The van der Waals surface area contributed by atoms with Gasteiger partial charge in [-0.2, -0.15) is 8.42 Å². The Hall–Kier alpha value is -2.14. The van der Waals surface area contributed by atoms with Crippen molar-refractivity contribution in [2.75, 3.05) is 11.0 Å². The Balaban J connectivity index is 0.000000180. The Morgan fingerprint density at radius 1 is 0.694 bits per heavy atom. The quantitative estimate of drug-likeness (QED) is 0.129. The van der Waals surface area contributed by atoms with Gasteiger partial charge in [0.05, 0.1) is 21.5 Å². The van der Waals surface area contributed by atoms with E-state index in [-0.39, 0.29) is 75.5 Å². The van der Waals surface area contributed by atoms with E-state index in [0.717, 1.165) is 49.7 Å². The van der Waals surface area contributed by atoms with Crippen molar-refractivity contribution in [2.24, 2.45) is 57.2 Å². The molecule has 4 N–H and O–H groups in total. The van der Waals surface area contributed by atoms with Gasteiger partial charge in [0.15, 0.2) is 23.1 Å². The number of carbonyl (C=O) groups excluding carboxylic acids is 4. The first-order valence-corrected chi connectivity index (χ1v) is 25.8. The van der Waals surface area contributed by atoms with Crippen LogP contribution in [-0.4, -0.2) is 86.4 Å². The first-order valence-electron chi connectivity index (χ1n) is 22.9. The average Bonchev–Trinajstić information content (AvgIpc) is 3.65. The van der Waals surface area contributed by atoms with Gasteiger partial charge < -0.3 is 20.4 Å². The molecule has 0 aliphatic heterocycles. The minimum Gasteiger partial charge on any atom is -0.393 e. The van der Waals surface area contributed by atoms with Gasteiger partial charge in [0.1, 0.15) is 17.8 Å². The molecule has 8 aliphatic carbocycles. The normalized spacial score (nSPS) is 44.5. The van der Waals surface area contributed by atoms with Crippen LogP contribution in [0.1, 0.15) is 123 Å². The van der Waals surface area contributed by atoms with Gasteiger partial charge in [0.2, 0.25) is 0 Å². The zero-order chi connectivity index (χ0) is 45.0. The summed E-state index contributed by atoms with van der Waals surface area (Å²) in [5, 5.41) is 45.8. The average molecular weight is 989 g/mol. The second-order valence-corrected chi connectivity index (χ2v) is 23.8. The Morgan fingerprint density at radius 3 is 1.56 bits per heavy atom. The van der Waals surface area contributed by atoms with E-state index in [4.69, 9.17) is 4.18 Å². The van der Waals surface area contributed by atoms with Crippen molar-refractivity contribution in [3.05, 3.63) is 53.1 Å². The summed E-state index contributed by atoms with van der Waals surface area (Å²) in [4.78, 5) is 49.9. The number of ketones is 4. The summed E-state index contributed by atoms with van der Waals surface area (Å²) >= 11 is 2.04. The molecule has 6 fully saturated rings. The number of alkyl halides is 1. The largest absolute Gasteiger partial charge is 0.393 e. The molecule has 62 heavy (non-hydrogen) atoms. The number of aliphatic hydroxyl groups is 4. The predicted octanol–water partition coefficient (Wildman–Crippen LogP) is 6.73. The molecular weight excluding hydrogens is 923 g/mol. The van der Waals surface area contributed by atoms with Crippen LogP contribution in [0.5, 0.6) is 0 Å². The molecule has 11 nitrogen and oxygen atoms in total. The van der Waals surface area contributed by atoms with Gasteiger partial charge in [-0.25, -0.2) is 0 Å². The molecule has 6 saturated carbocycles.